The predicted molar refractivity (Wildman–Crippen MR) is 102 cm³/mol. The lowest BCUT2D eigenvalue weighted by molar-refractivity contribution is 0.617. The van der Waals surface area contributed by atoms with Crippen molar-refractivity contribution in [3.63, 3.8) is 0 Å². The van der Waals surface area contributed by atoms with Crippen molar-refractivity contribution in [1.82, 2.24) is 19.9 Å². The van der Waals surface area contributed by atoms with Gasteiger partial charge in [0.1, 0.15) is 23.8 Å². The number of anilines is 2. The van der Waals surface area contributed by atoms with Gasteiger partial charge in [0.2, 0.25) is 0 Å². The second-order valence-corrected chi connectivity index (χ2v) is 7.68. The maximum Gasteiger partial charge on any atom is 0.135 e. The van der Waals surface area contributed by atoms with Crippen LogP contribution in [0.5, 0.6) is 0 Å². The molecule has 2 aromatic rings. The van der Waals surface area contributed by atoms with Gasteiger partial charge in [-0.3, -0.25) is 0 Å². The van der Waals surface area contributed by atoms with E-state index < -0.39 is 0 Å². The standard InChI is InChI=1S/C20H26N6/c1-14-23-18-8-4-6-16(18)20(24-14)26-11-9-25(10-12-26)19-15-5-2-3-7-17(15)21-13-22-19/h13H,2-12H2,1H3. The SMILES string of the molecule is Cc1nc2c(c(N3CCN(c4ncnc5c4CCCC5)CC3)n1)CCC2. The third-order valence-electron chi connectivity index (χ3n) is 6.00. The molecule has 1 aliphatic heterocycles. The molecular formula is C20H26N6. The first-order valence-corrected chi connectivity index (χ1v) is 9.98. The maximum atomic E-state index is 4.81. The second kappa shape index (κ2) is 6.49. The zero-order valence-corrected chi connectivity index (χ0v) is 15.5. The normalized spacial score (nSPS) is 19.4. The van der Waals surface area contributed by atoms with Crippen LogP contribution in [0.25, 0.3) is 0 Å². The summed E-state index contributed by atoms with van der Waals surface area (Å²) in [6.07, 6.45) is 9.97. The number of aryl methyl sites for hydroxylation is 3. The van der Waals surface area contributed by atoms with Crippen molar-refractivity contribution in [2.75, 3.05) is 36.0 Å². The lowest BCUT2D eigenvalue weighted by Crippen LogP contribution is -2.48. The Labute approximate surface area is 154 Å². The number of hydrogen-bond donors (Lipinski definition) is 0. The number of nitrogens with zero attached hydrogens (tertiary/aromatic N) is 6. The fourth-order valence-electron chi connectivity index (χ4n) is 4.70. The maximum absolute atomic E-state index is 4.81. The topological polar surface area (TPSA) is 58.0 Å². The molecule has 1 saturated heterocycles. The second-order valence-electron chi connectivity index (χ2n) is 7.68. The van der Waals surface area contributed by atoms with Gasteiger partial charge >= 0.3 is 0 Å². The highest BCUT2D eigenvalue weighted by Gasteiger charge is 2.27. The summed E-state index contributed by atoms with van der Waals surface area (Å²) < 4.78 is 0. The van der Waals surface area contributed by atoms with E-state index in [0.717, 1.165) is 57.7 Å². The third-order valence-corrected chi connectivity index (χ3v) is 6.00. The quantitative estimate of drug-likeness (QED) is 0.828. The van der Waals surface area contributed by atoms with Crippen LogP contribution in [0.3, 0.4) is 0 Å². The van der Waals surface area contributed by atoms with E-state index in [4.69, 9.17) is 4.98 Å². The minimum Gasteiger partial charge on any atom is -0.353 e. The summed E-state index contributed by atoms with van der Waals surface area (Å²) in [5.74, 6) is 3.28. The molecule has 0 bridgehead atoms. The molecule has 0 saturated carbocycles. The van der Waals surface area contributed by atoms with Crippen LogP contribution in [0.4, 0.5) is 11.6 Å². The Morgan fingerprint density at radius 1 is 0.692 bits per heavy atom. The highest BCUT2D eigenvalue weighted by atomic mass is 15.3. The van der Waals surface area contributed by atoms with E-state index in [1.54, 1.807) is 6.33 Å². The molecule has 0 amide bonds. The van der Waals surface area contributed by atoms with E-state index in [1.807, 2.05) is 6.92 Å². The molecule has 0 radical (unpaired) electrons. The molecule has 6 heteroatoms. The molecular weight excluding hydrogens is 324 g/mol. The molecule has 6 nitrogen and oxygen atoms in total. The summed E-state index contributed by atoms with van der Waals surface area (Å²) >= 11 is 0. The van der Waals surface area contributed by atoms with Gasteiger partial charge in [0, 0.05) is 48.7 Å². The Morgan fingerprint density at radius 3 is 2.19 bits per heavy atom. The van der Waals surface area contributed by atoms with Crippen molar-refractivity contribution in [3.8, 4) is 0 Å². The Hall–Kier alpha value is -2.24. The van der Waals surface area contributed by atoms with Crippen molar-refractivity contribution in [2.24, 2.45) is 0 Å². The molecule has 0 N–H and O–H groups in total. The molecule has 0 atom stereocenters. The number of fused-ring (bicyclic) bond motifs is 2. The van der Waals surface area contributed by atoms with E-state index >= 15 is 0 Å². The highest BCUT2D eigenvalue weighted by Crippen LogP contribution is 2.31. The molecule has 136 valence electrons. The number of aromatic nitrogens is 4. The van der Waals surface area contributed by atoms with Crippen molar-refractivity contribution >= 4 is 11.6 Å². The smallest absolute Gasteiger partial charge is 0.135 e. The van der Waals surface area contributed by atoms with Gasteiger partial charge in [0.25, 0.3) is 0 Å². The average molecular weight is 350 g/mol. The Bertz CT molecular complexity index is 825. The van der Waals surface area contributed by atoms with Crippen LogP contribution in [-0.2, 0) is 25.7 Å². The molecule has 5 rings (SSSR count). The molecule has 26 heavy (non-hydrogen) atoms. The van der Waals surface area contributed by atoms with Crippen LogP contribution in [-0.4, -0.2) is 46.1 Å². The van der Waals surface area contributed by atoms with E-state index in [9.17, 15) is 0 Å². The number of hydrogen-bond acceptors (Lipinski definition) is 6. The van der Waals surface area contributed by atoms with Crippen LogP contribution < -0.4 is 9.80 Å². The monoisotopic (exact) mass is 350 g/mol. The van der Waals surface area contributed by atoms with E-state index in [1.165, 1.54) is 53.4 Å². The Morgan fingerprint density at radius 2 is 1.35 bits per heavy atom. The van der Waals surface area contributed by atoms with Crippen LogP contribution in [0, 0.1) is 6.92 Å². The predicted octanol–water partition coefficient (Wildman–Crippen LogP) is 2.27. The summed E-state index contributed by atoms with van der Waals surface area (Å²) in [5, 5.41) is 0. The van der Waals surface area contributed by atoms with Gasteiger partial charge in [0.05, 0.1) is 0 Å². The van der Waals surface area contributed by atoms with Crippen LogP contribution >= 0.6 is 0 Å². The summed E-state index contributed by atoms with van der Waals surface area (Å²) in [7, 11) is 0. The van der Waals surface area contributed by atoms with Crippen molar-refractivity contribution in [2.45, 2.75) is 51.9 Å². The molecule has 0 unspecified atom stereocenters. The van der Waals surface area contributed by atoms with Crippen molar-refractivity contribution in [1.29, 1.82) is 0 Å². The van der Waals surface area contributed by atoms with E-state index in [-0.39, 0.29) is 0 Å². The first kappa shape index (κ1) is 16.0. The molecule has 2 aliphatic carbocycles. The van der Waals surface area contributed by atoms with Crippen LogP contribution in [0.2, 0.25) is 0 Å². The average Bonchev–Trinajstić information content (AvgIpc) is 3.15. The largest absolute Gasteiger partial charge is 0.353 e. The number of piperazine rings is 1. The zero-order valence-electron chi connectivity index (χ0n) is 15.5. The van der Waals surface area contributed by atoms with E-state index in [2.05, 4.69) is 24.8 Å². The minimum atomic E-state index is 0.910. The van der Waals surface area contributed by atoms with Gasteiger partial charge in [-0.15, -0.1) is 0 Å². The lowest BCUT2D eigenvalue weighted by Gasteiger charge is -2.38. The van der Waals surface area contributed by atoms with Crippen molar-refractivity contribution < 1.29 is 0 Å². The fraction of sp³-hybridized carbons (Fsp3) is 0.600. The van der Waals surface area contributed by atoms with E-state index in [0.29, 0.717) is 0 Å². The Balaban J connectivity index is 1.36. The van der Waals surface area contributed by atoms with Gasteiger partial charge in [-0.1, -0.05) is 0 Å². The zero-order chi connectivity index (χ0) is 17.5. The number of rotatable bonds is 2. The minimum absolute atomic E-state index is 0.910. The fourth-order valence-corrected chi connectivity index (χ4v) is 4.70. The molecule has 1 fully saturated rings. The lowest BCUT2D eigenvalue weighted by atomic mass is 9.96. The van der Waals surface area contributed by atoms with Crippen LogP contribution in [0.15, 0.2) is 6.33 Å². The van der Waals surface area contributed by atoms with Gasteiger partial charge in [-0.2, -0.15) is 0 Å². The first-order chi connectivity index (χ1) is 12.8. The third kappa shape index (κ3) is 2.72. The highest BCUT2D eigenvalue weighted by molar-refractivity contribution is 5.55. The molecule has 2 aromatic heterocycles. The van der Waals surface area contributed by atoms with Gasteiger partial charge < -0.3 is 9.80 Å². The summed E-state index contributed by atoms with van der Waals surface area (Å²) in [6.45, 7) is 6.03. The van der Waals surface area contributed by atoms with Gasteiger partial charge in [-0.25, -0.2) is 19.9 Å². The molecule has 0 aromatic carbocycles. The van der Waals surface area contributed by atoms with Crippen molar-refractivity contribution in [3.05, 3.63) is 34.7 Å². The molecule has 0 spiro atoms. The van der Waals surface area contributed by atoms with Crippen LogP contribution in [0.1, 0.15) is 47.6 Å². The summed E-state index contributed by atoms with van der Waals surface area (Å²) in [5.41, 5.74) is 5.34. The summed E-state index contributed by atoms with van der Waals surface area (Å²) in [4.78, 5) is 23.6. The first-order valence-electron chi connectivity index (χ1n) is 9.98. The Kier molecular flexibility index (Phi) is 3.98. The molecule has 3 heterocycles. The molecule has 3 aliphatic rings. The van der Waals surface area contributed by atoms with Gasteiger partial charge in [-0.05, 0) is 51.9 Å². The van der Waals surface area contributed by atoms with Gasteiger partial charge in [0.15, 0.2) is 0 Å². The summed E-state index contributed by atoms with van der Waals surface area (Å²) in [6, 6.07) is 0.